The third-order valence-electron chi connectivity index (χ3n) is 4.82. The van der Waals surface area contributed by atoms with Gasteiger partial charge in [0.1, 0.15) is 5.82 Å². The molecule has 0 saturated carbocycles. The van der Waals surface area contributed by atoms with E-state index in [1.165, 1.54) is 23.6 Å². The number of amides is 1. The average molecular weight is 441 g/mol. The molecular weight excluding hydrogens is 425 g/mol. The van der Waals surface area contributed by atoms with Gasteiger partial charge in [-0.1, -0.05) is 22.9 Å². The zero-order valence-electron chi connectivity index (χ0n) is 15.0. The SMILES string of the molecule is O=C(Nc1ccc(Cl)cn1)C1CCN(c2nc3cc(C(F)(F)F)ccc3s2)CC1. The van der Waals surface area contributed by atoms with E-state index in [0.29, 0.717) is 52.1 Å². The Bertz CT molecular complexity index is 1030. The molecule has 1 N–H and O–H groups in total. The van der Waals surface area contributed by atoms with Crippen molar-refractivity contribution in [2.75, 3.05) is 23.3 Å². The summed E-state index contributed by atoms with van der Waals surface area (Å²) in [7, 11) is 0. The number of thiazole rings is 1. The van der Waals surface area contributed by atoms with Gasteiger partial charge in [0.15, 0.2) is 5.13 Å². The topological polar surface area (TPSA) is 58.1 Å². The van der Waals surface area contributed by atoms with Crippen LogP contribution in [0.3, 0.4) is 0 Å². The summed E-state index contributed by atoms with van der Waals surface area (Å²) < 4.78 is 39.4. The third kappa shape index (κ3) is 4.45. The molecule has 0 aliphatic carbocycles. The predicted molar refractivity (Wildman–Crippen MR) is 107 cm³/mol. The Hall–Kier alpha value is -2.39. The number of alkyl halides is 3. The van der Waals surface area contributed by atoms with Crippen molar-refractivity contribution in [1.29, 1.82) is 0 Å². The van der Waals surface area contributed by atoms with Gasteiger partial charge in [-0.15, -0.1) is 0 Å². The van der Waals surface area contributed by atoms with Crippen LogP contribution in [-0.2, 0) is 11.0 Å². The number of halogens is 4. The van der Waals surface area contributed by atoms with Crippen LogP contribution >= 0.6 is 22.9 Å². The Kier molecular flexibility index (Phi) is 5.35. The largest absolute Gasteiger partial charge is 0.416 e. The third-order valence-corrected chi connectivity index (χ3v) is 6.14. The first-order valence-electron chi connectivity index (χ1n) is 8.95. The van der Waals surface area contributed by atoms with E-state index in [2.05, 4.69) is 15.3 Å². The van der Waals surface area contributed by atoms with Gasteiger partial charge in [-0.05, 0) is 43.2 Å². The minimum absolute atomic E-state index is 0.0985. The Morgan fingerprint density at radius 1 is 1.21 bits per heavy atom. The molecule has 1 aromatic carbocycles. The highest BCUT2D eigenvalue weighted by atomic mass is 35.5. The van der Waals surface area contributed by atoms with Crippen LogP contribution in [0.25, 0.3) is 10.2 Å². The molecular formula is C19H16ClF3N4OS. The molecule has 4 rings (SSSR count). The van der Waals surface area contributed by atoms with Gasteiger partial charge in [-0.25, -0.2) is 9.97 Å². The molecule has 1 saturated heterocycles. The summed E-state index contributed by atoms with van der Waals surface area (Å²) in [5.74, 6) is 0.196. The number of rotatable bonds is 3. The normalized spacial score (nSPS) is 15.7. The zero-order valence-corrected chi connectivity index (χ0v) is 16.6. The van der Waals surface area contributed by atoms with Crippen LogP contribution < -0.4 is 10.2 Å². The van der Waals surface area contributed by atoms with Crippen LogP contribution in [0.1, 0.15) is 18.4 Å². The molecule has 1 aliphatic heterocycles. The molecule has 3 heterocycles. The van der Waals surface area contributed by atoms with E-state index in [1.807, 2.05) is 4.90 Å². The highest BCUT2D eigenvalue weighted by Crippen LogP contribution is 2.36. The number of aromatic nitrogens is 2. The van der Waals surface area contributed by atoms with Gasteiger partial charge in [0.2, 0.25) is 5.91 Å². The Morgan fingerprint density at radius 2 is 1.97 bits per heavy atom. The van der Waals surface area contributed by atoms with Crippen molar-refractivity contribution in [1.82, 2.24) is 9.97 Å². The van der Waals surface area contributed by atoms with Crippen LogP contribution in [-0.4, -0.2) is 29.0 Å². The van der Waals surface area contributed by atoms with Crippen LogP contribution in [0.4, 0.5) is 24.1 Å². The predicted octanol–water partition coefficient (Wildman–Crippen LogP) is 5.22. The second kappa shape index (κ2) is 7.79. The molecule has 3 aromatic rings. The number of hydrogen-bond acceptors (Lipinski definition) is 5. The van der Waals surface area contributed by atoms with E-state index >= 15 is 0 Å². The number of benzene rings is 1. The second-order valence-corrected chi connectivity index (χ2v) is 8.23. The summed E-state index contributed by atoms with van der Waals surface area (Å²) in [6.07, 6.45) is -1.66. The molecule has 29 heavy (non-hydrogen) atoms. The van der Waals surface area contributed by atoms with Gasteiger partial charge >= 0.3 is 6.18 Å². The van der Waals surface area contributed by atoms with Crippen molar-refractivity contribution < 1.29 is 18.0 Å². The molecule has 1 fully saturated rings. The first-order chi connectivity index (χ1) is 13.8. The number of pyridine rings is 1. The quantitative estimate of drug-likeness (QED) is 0.606. The van der Waals surface area contributed by atoms with E-state index < -0.39 is 11.7 Å². The van der Waals surface area contributed by atoms with E-state index in [-0.39, 0.29) is 11.8 Å². The fourth-order valence-electron chi connectivity index (χ4n) is 3.24. The first-order valence-corrected chi connectivity index (χ1v) is 10.1. The molecule has 152 valence electrons. The van der Waals surface area contributed by atoms with E-state index in [1.54, 1.807) is 12.1 Å². The molecule has 0 radical (unpaired) electrons. The summed E-state index contributed by atoms with van der Waals surface area (Å²) in [6, 6.07) is 6.91. The molecule has 1 aliphatic rings. The van der Waals surface area contributed by atoms with Crippen molar-refractivity contribution in [2.45, 2.75) is 19.0 Å². The first kappa shape index (κ1) is 19.9. The number of carbonyl (C=O) groups is 1. The fourth-order valence-corrected chi connectivity index (χ4v) is 4.35. The van der Waals surface area contributed by atoms with Crippen LogP contribution in [0.2, 0.25) is 5.02 Å². The maximum atomic E-state index is 12.9. The van der Waals surface area contributed by atoms with Crippen molar-refractivity contribution >= 4 is 50.0 Å². The molecule has 1 amide bonds. The van der Waals surface area contributed by atoms with Gasteiger partial charge in [0.25, 0.3) is 0 Å². The summed E-state index contributed by atoms with van der Waals surface area (Å²) in [6.45, 7) is 1.22. The fraction of sp³-hybridized carbons (Fsp3) is 0.316. The van der Waals surface area contributed by atoms with Crippen molar-refractivity contribution in [2.24, 2.45) is 5.92 Å². The lowest BCUT2D eigenvalue weighted by Gasteiger charge is -2.30. The van der Waals surface area contributed by atoms with Crippen LogP contribution in [0.15, 0.2) is 36.5 Å². The molecule has 0 spiro atoms. The van der Waals surface area contributed by atoms with Gasteiger partial charge < -0.3 is 10.2 Å². The molecule has 0 atom stereocenters. The van der Waals surface area contributed by atoms with Gasteiger partial charge in [0.05, 0.1) is 20.8 Å². The lowest BCUT2D eigenvalue weighted by molar-refractivity contribution is -0.137. The van der Waals surface area contributed by atoms with Crippen molar-refractivity contribution in [3.05, 3.63) is 47.1 Å². The molecule has 10 heteroatoms. The summed E-state index contributed by atoms with van der Waals surface area (Å²) in [5.41, 5.74) is -0.360. The maximum Gasteiger partial charge on any atom is 0.416 e. The van der Waals surface area contributed by atoms with Crippen molar-refractivity contribution in [3.8, 4) is 0 Å². The Morgan fingerprint density at radius 3 is 2.62 bits per heavy atom. The average Bonchev–Trinajstić information content (AvgIpc) is 3.12. The van der Waals surface area contributed by atoms with Gasteiger partial charge in [0, 0.05) is 25.2 Å². The highest BCUT2D eigenvalue weighted by Gasteiger charge is 2.31. The molecule has 0 bridgehead atoms. The monoisotopic (exact) mass is 440 g/mol. The number of piperidine rings is 1. The second-order valence-electron chi connectivity index (χ2n) is 6.79. The molecule has 0 unspecified atom stereocenters. The van der Waals surface area contributed by atoms with Crippen LogP contribution in [0, 0.1) is 5.92 Å². The highest BCUT2D eigenvalue weighted by molar-refractivity contribution is 7.22. The summed E-state index contributed by atoms with van der Waals surface area (Å²) in [4.78, 5) is 22.9. The van der Waals surface area contributed by atoms with Crippen LogP contribution in [0.5, 0.6) is 0 Å². The molecule has 5 nitrogen and oxygen atoms in total. The lowest BCUT2D eigenvalue weighted by Crippen LogP contribution is -2.38. The summed E-state index contributed by atoms with van der Waals surface area (Å²) >= 11 is 7.15. The zero-order chi connectivity index (χ0) is 20.6. The van der Waals surface area contributed by atoms with Gasteiger partial charge in [-0.3, -0.25) is 4.79 Å². The number of fused-ring (bicyclic) bond motifs is 1. The number of nitrogens with one attached hydrogen (secondary N) is 1. The number of nitrogens with zero attached hydrogens (tertiary/aromatic N) is 3. The lowest BCUT2D eigenvalue weighted by atomic mass is 9.96. The minimum atomic E-state index is -4.39. The van der Waals surface area contributed by atoms with E-state index in [4.69, 9.17) is 11.6 Å². The maximum absolute atomic E-state index is 12.9. The Balaban J connectivity index is 1.40. The minimum Gasteiger partial charge on any atom is -0.348 e. The standard InChI is InChI=1S/C19H16ClF3N4OS/c20-13-2-4-16(24-10-13)26-17(28)11-5-7-27(8-6-11)18-25-14-9-12(19(21,22)23)1-3-15(14)29-18/h1-4,9-11H,5-8H2,(H,24,26,28). The number of carbonyl (C=O) groups excluding carboxylic acids is 1. The van der Waals surface area contributed by atoms with Gasteiger partial charge in [-0.2, -0.15) is 13.2 Å². The van der Waals surface area contributed by atoms with E-state index in [0.717, 1.165) is 12.1 Å². The number of hydrogen-bond donors (Lipinski definition) is 1. The smallest absolute Gasteiger partial charge is 0.348 e. The summed E-state index contributed by atoms with van der Waals surface area (Å²) in [5, 5.41) is 3.96. The number of anilines is 2. The van der Waals surface area contributed by atoms with E-state index in [9.17, 15) is 18.0 Å². The van der Waals surface area contributed by atoms with Crippen molar-refractivity contribution in [3.63, 3.8) is 0 Å². The Labute approximate surface area is 173 Å². The molecule has 2 aromatic heterocycles.